The molecule has 0 amide bonds. The van der Waals surface area contributed by atoms with Crippen LogP contribution >= 0.6 is 0 Å². The van der Waals surface area contributed by atoms with Gasteiger partial charge in [0.15, 0.2) is 0 Å². The standard InChI is InChI=1S/C10H8F3/c1-2-3-8-4-6-9(7-5-8)10(11,12)13/h2-7H,1H2/b3-2+. The van der Waals surface area contributed by atoms with Gasteiger partial charge in [0.1, 0.15) is 0 Å². The first-order chi connectivity index (χ1) is 6.04. The van der Waals surface area contributed by atoms with Crippen molar-refractivity contribution in [2.45, 2.75) is 6.18 Å². The average molecular weight is 185 g/mol. The minimum atomic E-state index is -4.26. The summed E-state index contributed by atoms with van der Waals surface area (Å²) in [5.74, 6) is 0. The molecule has 0 fully saturated rings. The number of hydrogen-bond donors (Lipinski definition) is 0. The van der Waals surface area contributed by atoms with E-state index in [4.69, 9.17) is 0 Å². The molecule has 0 atom stereocenters. The van der Waals surface area contributed by atoms with Crippen LogP contribution in [0.1, 0.15) is 11.1 Å². The van der Waals surface area contributed by atoms with Gasteiger partial charge < -0.3 is 0 Å². The molecule has 1 radical (unpaired) electrons. The van der Waals surface area contributed by atoms with Gasteiger partial charge in [-0.3, -0.25) is 0 Å². The van der Waals surface area contributed by atoms with Gasteiger partial charge in [-0.1, -0.05) is 24.3 Å². The molecule has 69 valence electrons. The molecule has 0 nitrogen and oxygen atoms in total. The molecule has 0 aliphatic carbocycles. The van der Waals surface area contributed by atoms with E-state index in [0.29, 0.717) is 5.56 Å². The molecule has 0 unspecified atom stereocenters. The molecule has 3 heteroatoms. The van der Waals surface area contributed by atoms with Crippen LogP contribution in [0.15, 0.2) is 30.3 Å². The van der Waals surface area contributed by atoms with Gasteiger partial charge in [-0.05, 0) is 24.6 Å². The van der Waals surface area contributed by atoms with Crippen molar-refractivity contribution in [2.24, 2.45) is 0 Å². The Balaban J connectivity index is 2.94. The molecule has 0 spiro atoms. The summed E-state index contributed by atoms with van der Waals surface area (Å²) >= 11 is 0. The van der Waals surface area contributed by atoms with Gasteiger partial charge in [-0.15, -0.1) is 0 Å². The average Bonchev–Trinajstić information content (AvgIpc) is 2.04. The zero-order valence-electron chi connectivity index (χ0n) is 6.81. The predicted molar refractivity (Wildman–Crippen MR) is 45.8 cm³/mol. The van der Waals surface area contributed by atoms with Crippen LogP contribution in [-0.2, 0) is 6.18 Å². The van der Waals surface area contributed by atoms with Gasteiger partial charge in [-0.2, -0.15) is 13.2 Å². The van der Waals surface area contributed by atoms with Crippen molar-refractivity contribution in [1.29, 1.82) is 0 Å². The van der Waals surface area contributed by atoms with Crippen molar-refractivity contribution in [3.05, 3.63) is 48.4 Å². The zero-order chi connectivity index (χ0) is 9.90. The van der Waals surface area contributed by atoms with E-state index in [2.05, 4.69) is 6.92 Å². The highest BCUT2D eigenvalue weighted by Crippen LogP contribution is 2.29. The Labute approximate surface area is 74.7 Å². The third kappa shape index (κ3) is 2.61. The summed E-state index contributed by atoms with van der Waals surface area (Å²) in [5, 5.41) is 0. The number of halogens is 3. The highest BCUT2D eigenvalue weighted by molar-refractivity contribution is 5.50. The van der Waals surface area contributed by atoms with E-state index in [-0.39, 0.29) is 0 Å². The fraction of sp³-hybridized carbons (Fsp3) is 0.100. The molecule has 1 aromatic carbocycles. The molecule has 0 aliphatic heterocycles. The maximum atomic E-state index is 12.1. The van der Waals surface area contributed by atoms with Gasteiger partial charge in [0.25, 0.3) is 0 Å². The van der Waals surface area contributed by atoms with Gasteiger partial charge in [0.05, 0.1) is 5.56 Å². The summed E-state index contributed by atoms with van der Waals surface area (Å²) in [4.78, 5) is 0. The summed E-state index contributed by atoms with van der Waals surface area (Å²) in [6, 6.07) is 4.92. The molecule has 0 saturated carbocycles. The fourth-order valence-corrected chi connectivity index (χ4v) is 0.919. The maximum absolute atomic E-state index is 12.1. The third-order valence-corrected chi connectivity index (χ3v) is 1.55. The molecular formula is C10H8F3. The van der Waals surface area contributed by atoms with Gasteiger partial charge >= 0.3 is 6.18 Å². The first kappa shape index (κ1) is 9.84. The van der Waals surface area contributed by atoms with E-state index < -0.39 is 11.7 Å². The quantitative estimate of drug-likeness (QED) is 0.627. The monoisotopic (exact) mass is 185 g/mol. The molecule has 0 aromatic heterocycles. The van der Waals surface area contributed by atoms with E-state index in [1.807, 2.05) is 0 Å². The second-order valence-electron chi connectivity index (χ2n) is 2.52. The Morgan fingerprint density at radius 3 is 2.00 bits per heavy atom. The lowest BCUT2D eigenvalue weighted by molar-refractivity contribution is -0.137. The summed E-state index contributed by atoms with van der Waals surface area (Å²) in [6.45, 7) is 3.45. The van der Waals surface area contributed by atoms with Crippen molar-refractivity contribution < 1.29 is 13.2 Å². The lowest BCUT2D eigenvalue weighted by Gasteiger charge is -2.05. The third-order valence-electron chi connectivity index (χ3n) is 1.55. The van der Waals surface area contributed by atoms with Gasteiger partial charge in [0.2, 0.25) is 0 Å². The first-order valence-electron chi connectivity index (χ1n) is 3.67. The normalized spacial score (nSPS) is 12.3. The molecule has 13 heavy (non-hydrogen) atoms. The van der Waals surface area contributed by atoms with Gasteiger partial charge in [0, 0.05) is 0 Å². The van der Waals surface area contributed by atoms with E-state index in [9.17, 15) is 13.2 Å². The van der Waals surface area contributed by atoms with Crippen LogP contribution in [0.25, 0.3) is 6.08 Å². The Bertz CT molecular complexity index is 293. The number of benzene rings is 1. The SMILES string of the molecule is [CH2]/C=C/c1ccc(C(F)(F)F)cc1. The van der Waals surface area contributed by atoms with Crippen LogP contribution in [0, 0.1) is 6.92 Å². The summed E-state index contributed by atoms with van der Waals surface area (Å²) in [6.07, 6.45) is -1.09. The summed E-state index contributed by atoms with van der Waals surface area (Å²) < 4.78 is 36.2. The molecule has 1 aromatic rings. The largest absolute Gasteiger partial charge is 0.416 e. The number of alkyl halides is 3. The maximum Gasteiger partial charge on any atom is 0.416 e. The summed E-state index contributed by atoms with van der Waals surface area (Å²) in [7, 11) is 0. The Morgan fingerprint density at radius 2 is 1.62 bits per heavy atom. The molecule has 0 heterocycles. The molecule has 0 saturated heterocycles. The lowest BCUT2D eigenvalue weighted by Crippen LogP contribution is -2.03. The zero-order valence-corrected chi connectivity index (χ0v) is 6.81. The van der Waals surface area contributed by atoms with Crippen LogP contribution in [0.2, 0.25) is 0 Å². The van der Waals surface area contributed by atoms with Crippen molar-refractivity contribution in [3.63, 3.8) is 0 Å². The molecule has 0 bridgehead atoms. The van der Waals surface area contributed by atoms with Crippen molar-refractivity contribution in [2.75, 3.05) is 0 Å². The second kappa shape index (κ2) is 3.64. The second-order valence-corrected chi connectivity index (χ2v) is 2.52. The molecular weight excluding hydrogens is 177 g/mol. The van der Waals surface area contributed by atoms with Crippen LogP contribution in [0.3, 0.4) is 0 Å². The minimum Gasteiger partial charge on any atom is -0.166 e. The minimum absolute atomic E-state index is 0.631. The van der Waals surface area contributed by atoms with Crippen molar-refractivity contribution in [1.82, 2.24) is 0 Å². The van der Waals surface area contributed by atoms with Crippen LogP contribution in [0.4, 0.5) is 13.2 Å². The highest BCUT2D eigenvalue weighted by atomic mass is 19.4. The number of hydrogen-bond acceptors (Lipinski definition) is 0. The van der Waals surface area contributed by atoms with E-state index in [1.54, 1.807) is 6.08 Å². The fourth-order valence-electron chi connectivity index (χ4n) is 0.919. The van der Waals surface area contributed by atoms with E-state index in [1.165, 1.54) is 18.2 Å². The summed E-state index contributed by atoms with van der Waals surface area (Å²) in [5.41, 5.74) is 0.0803. The Morgan fingerprint density at radius 1 is 1.08 bits per heavy atom. The van der Waals surface area contributed by atoms with Crippen molar-refractivity contribution in [3.8, 4) is 0 Å². The molecule has 0 N–H and O–H groups in total. The van der Waals surface area contributed by atoms with E-state index >= 15 is 0 Å². The Hall–Kier alpha value is -1.25. The van der Waals surface area contributed by atoms with Crippen molar-refractivity contribution >= 4 is 6.08 Å². The predicted octanol–water partition coefficient (Wildman–Crippen LogP) is 3.55. The number of allylic oxidation sites excluding steroid dienone is 1. The Kier molecular flexibility index (Phi) is 2.76. The van der Waals surface area contributed by atoms with Crippen LogP contribution < -0.4 is 0 Å². The molecule has 0 aliphatic rings. The van der Waals surface area contributed by atoms with Gasteiger partial charge in [-0.25, -0.2) is 0 Å². The van der Waals surface area contributed by atoms with Crippen LogP contribution in [0.5, 0.6) is 0 Å². The van der Waals surface area contributed by atoms with Crippen LogP contribution in [-0.4, -0.2) is 0 Å². The topological polar surface area (TPSA) is 0 Å². The highest BCUT2D eigenvalue weighted by Gasteiger charge is 2.29. The lowest BCUT2D eigenvalue weighted by atomic mass is 10.1. The van der Waals surface area contributed by atoms with E-state index in [0.717, 1.165) is 12.1 Å². The number of rotatable bonds is 1. The molecule has 1 rings (SSSR count). The first-order valence-corrected chi connectivity index (χ1v) is 3.67. The smallest absolute Gasteiger partial charge is 0.166 e.